The number of carboxylic acids is 1. The van der Waals surface area contributed by atoms with Crippen LogP contribution in [0, 0.1) is 18.3 Å². The standard InChI is InChI=1S/C20H28N2O5/c1-13(2)10-17(23)22-16-5-4-15(11-14(16)3)18(24)21-12-20(19(25)26)6-8-27-9-7-20/h4-5,11,13H,6-10,12H2,1-3H3,(H,21,24)(H,22,23)(H,25,26). The van der Waals surface area contributed by atoms with E-state index in [1.165, 1.54) is 0 Å². The van der Waals surface area contributed by atoms with E-state index in [1.807, 2.05) is 20.8 Å². The first-order chi connectivity index (χ1) is 12.7. The van der Waals surface area contributed by atoms with E-state index < -0.39 is 11.4 Å². The molecular weight excluding hydrogens is 348 g/mol. The van der Waals surface area contributed by atoms with E-state index in [0.717, 1.165) is 5.56 Å². The van der Waals surface area contributed by atoms with E-state index in [9.17, 15) is 19.5 Å². The fourth-order valence-electron chi connectivity index (χ4n) is 3.10. The van der Waals surface area contributed by atoms with Gasteiger partial charge >= 0.3 is 5.97 Å². The number of carboxylic acid groups (broad SMARTS) is 1. The van der Waals surface area contributed by atoms with Gasteiger partial charge in [0.05, 0.1) is 5.41 Å². The number of aryl methyl sites for hydroxylation is 1. The van der Waals surface area contributed by atoms with E-state index in [2.05, 4.69) is 10.6 Å². The van der Waals surface area contributed by atoms with Crippen molar-refractivity contribution in [3.8, 4) is 0 Å². The van der Waals surface area contributed by atoms with E-state index in [-0.39, 0.29) is 24.3 Å². The summed E-state index contributed by atoms with van der Waals surface area (Å²) in [5.41, 5.74) is 0.901. The number of carbonyl (C=O) groups excluding carboxylic acids is 2. The van der Waals surface area contributed by atoms with Gasteiger partial charge in [-0.1, -0.05) is 13.8 Å². The predicted molar refractivity (Wildman–Crippen MR) is 102 cm³/mol. The molecule has 148 valence electrons. The highest BCUT2D eigenvalue weighted by atomic mass is 16.5. The molecule has 7 heteroatoms. The van der Waals surface area contributed by atoms with Crippen LogP contribution in [0.3, 0.4) is 0 Å². The lowest BCUT2D eigenvalue weighted by atomic mass is 9.80. The summed E-state index contributed by atoms with van der Waals surface area (Å²) in [6.45, 7) is 6.60. The van der Waals surface area contributed by atoms with Crippen molar-refractivity contribution >= 4 is 23.5 Å². The number of nitrogens with one attached hydrogen (secondary N) is 2. The van der Waals surface area contributed by atoms with Crippen molar-refractivity contribution in [3.05, 3.63) is 29.3 Å². The summed E-state index contributed by atoms with van der Waals surface area (Å²) in [4.78, 5) is 36.0. The number of amides is 2. The molecule has 0 saturated carbocycles. The van der Waals surface area contributed by atoms with Gasteiger partial charge in [0, 0.05) is 37.4 Å². The summed E-state index contributed by atoms with van der Waals surface area (Å²) in [5, 5.41) is 15.1. The lowest BCUT2D eigenvalue weighted by molar-refractivity contribution is -0.154. The first-order valence-electron chi connectivity index (χ1n) is 9.23. The van der Waals surface area contributed by atoms with Crippen molar-refractivity contribution in [2.24, 2.45) is 11.3 Å². The number of hydrogen-bond acceptors (Lipinski definition) is 4. The molecule has 3 N–H and O–H groups in total. The van der Waals surface area contributed by atoms with Gasteiger partial charge in [-0.05, 0) is 49.4 Å². The number of anilines is 1. The number of hydrogen-bond donors (Lipinski definition) is 3. The van der Waals surface area contributed by atoms with Crippen molar-refractivity contribution in [1.29, 1.82) is 0 Å². The van der Waals surface area contributed by atoms with Crippen LogP contribution in [0.5, 0.6) is 0 Å². The number of rotatable bonds is 7. The maximum Gasteiger partial charge on any atom is 0.311 e. The van der Waals surface area contributed by atoms with Gasteiger partial charge in [0.15, 0.2) is 0 Å². The summed E-state index contributed by atoms with van der Waals surface area (Å²) in [7, 11) is 0. The molecule has 1 heterocycles. The van der Waals surface area contributed by atoms with Crippen molar-refractivity contribution in [1.82, 2.24) is 5.32 Å². The van der Waals surface area contributed by atoms with Crippen LogP contribution in [0.4, 0.5) is 5.69 Å². The van der Waals surface area contributed by atoms with Gasteiger partial charge in [0.1, 0.15) is 0 Å². The third-order valence-electron chi connectivity index (χ3n) is 4.85. The van der Waals surface area contributed by atoms with Crippen molar-refractivity contribution in [2.75, 3.05) is 25.1 Å². The summed E-state index contributed by atoms with van der Waals surface area (Å²) in [6, 6.07) is 5.02. The summed E-state index contributed by atoms with van der Waals surface area (Å²) in [5.74, 6) is -1.04. The molecule has 0 unspecified atom stereocenters. The minimum atomic E-state index is -0.978. The fourth-order valence-corrected chi connectivity index (χ4v) is 3.10. The second-order valence-electron chi connectivity index (χ2n) is 7.56. The van der Waals surface area contributed by atoms with Crippen LogP contribution in [0.25, 0.3) is 0 Å². The smallest absolute Gasteiger partial charge is 0.311 e. The zero-order valence-corrected chi connectivity index (χ0v) is 16.1. The molecule has 7 nitrogen and oxygen atoms in total. The van der Waals surface area contributed by atoms with Crippen LogP contribution < -0.4 is 10.6 Å². The molecule has 0 aromatic heterocycles. The molecule has 1 aliphatic rings. The average molecular weight is 376 g/mol. The Kier molecular flexibility index (Phi) is 6.96. The minimum Gasteiger partial charge on any atom is -0.481 e. The Hall–Kier alpha value is -2.41. The summed E-state index contributed by atoms with van der Waals surface area (Å²) >= 11 is 0. The van der Waals surface area contributed by atoms with E-state index >= 15 is 0 Å². The van der Waals surface area contributed by atoms with Gasteiger partial charge in [-0.25, -0.2) is 0 Å². The van der Waals surface area contributed by atoms with E-state index in [0.29, 0.717) is 43.7 Å². The highest BCUT2D eigenvalue weighted by Crippen LogP contribution is 2.30. The Morgan fingerprint density at radius 1 is 1.22 bits per heavy atom. The molecule has 0 aliphatic carbocycles. The first kappa shape index (κ1) is 20.9. The second-order valence-corrected chi connectivity index (χ2v) is 7.56. The van der Waals surface area contributed by atoms with Crippen molar-refractivity contribution in [2.45, 2.75) is 40.0 Å². The minimum absolute atomic E-state index is 0.0618. The topological polar surface area (TPSA) is 105 Å². The Bertz CT molecular complexity index is 708. The third kappa shape index (κ3) is 5.53. The molecule has 1 fully saturated rings. The molecule has 0 bridgehead atoms. The van der Waals surface area contributed by atoms with Gasteiger partial charge in [0.2, 0.25) is 5.91 Å². The number of carbonyl (C=O) groups is 3. The van der Waals surface area contributed by atoms with Gasteiger partial charge < -0.3 is 20.5 Å². The Morgan fingerprint density at radius 2 is 1.89 bits per heavy atom. The van der Waals surface area contributed by atoms with Crippen LogP contribution in [-0.4, -0.2) is 42.6 Å². The first-order valence-corrected chi connectivity index (χ1v) is 9.23. The second kappa shape index (κ2) is 8.99. The van der Waals surface area contributed by atoms with Crippen LogP contribution in [0.2, 0.25) is 0 Å². The van der Waals surface area contributed by atoms with Crippen LogP contribution in [-0.2, 0) is 14.3 Å². The molecule has 1 saturated heterocycles. The molecule has 2 rings (SSSR count). The fraction of sp³-hybridized carbons (Fsp3) is 0.550. The van der Waals surface area contributed by atoms with Gasteiger partial charge in [-0.15, -0.1) is 0 Å². The highest BCUT2D eigenvalue weighted by molar-refractivity contribution is 5.96. The molecular formula is C20H28N2O5. The predicted octanol–water partition coefficient (Wildman–Crippen LogP) is 2.59. The monoisotopic (exact) mass is 376 g/mol. The van der Waals surface area contributed by atoms with Gasteiger partial charge in [-0.3, -0.25) is 14.4 Å². The molecule has 27 heavy (non-hydrogen) atoms. The molecule has 1 aromatic carbocycles. The zero-order chi connectivity index (χ0) is 20.0. The van der Waals surface area contributed by atoms with E-state index in [4.69, 9.17) is 4.74 Å². The number of ether oxygens (including phenoxy) is 1. The quantitative estimate of drug-likeness (QED) is 0.678. The Morgan fingerprint density at radius 3 is 2.44 bits per heavy atom. The maximum atomic E-state index is 12.5. The average Bonchev–Trinajstić information content (AvgIpc) is 2.61. The Balaban J connectivity index is 2.01. The maximum absolute atomic E-state index is 12.5. The van der Waals surface area contributed by atoms with E-state index in [1.54, 1.807) is 18.2 Å². The van der Waals surface area contributed by atoms with Crippen molar-refractivity contribution < 1.29 is 24.2 Å². The SMILES string of the molecule is Cc1cc(C(=O)NCC2(C(=O)O)CCOCC2)ccc1NC(=O)CC(C)C. The lowest BCUT2D eigenvalue weighted by Gasteiger charge is -2.33. The van der Waals surface area contributed by atoms with Gasteiger partial charge in [0.25, 0.3) is 5.91 Å². The molecule has 1 aromatic rings. The number of aliphatic carboxylic acids is 1. The lowest BCUT2D eigenvalue weighted by Crippen LogP contribution is -2.46. The molecule has 1 aliphatic heterocycles. The highest BCUT2D eigenvalue weighted by Gasteiger charge is 2.40. The normalized spacial score (nSPS) is 16.0. The van der Waals surface area contributed by atoms with Gasteiger partial charge in [-0.2, -0.15) is 0 Å². The van der Waals surface area contributed by atoms with Crippen LogP contribution >= 0.6 is 0 Å². The van der Waals surface area contributed by atoms with Crippen LogP contribution in [0.1, 0.15) is 49.0 Å². The summed E-state index contributed by atoms with van der Waals surface area (Å²) in [6.07, 6.45) is 1.19. The molecule has 0 spiro atoms. The Labute approximate surface area is 159 Å². The summed E-state index contributed by atoms with van der Waals surface area (Å²) < 4.78 is 5.24. The molecule has 0 atom stereocenters. The van der Waals surface area contributed by atoms with Crippen LogP contribution in [0.15, 0.2) is 18.2 Å². The third-order valence-corrected chi connectivity index (χ3v) is 4.85. The molecule has 0 radical (unpaired) electrons. The van der Waals surface area contributed by atoms with Crippen molar-refractivity contribution in [3.63, 3.8) is 0 Å². The zero-order valence-electron chi connectivity index (χ0n) is 16.1. The molecule has 2 amide bonds. The number of benzene rings is 1. The largest absolute Gasteiger partial charge is 0.481 e.